The molecule has 0 saturated carbocycles. The molecule has 20 heavy (non-hydrogen) atoms. The van der Waals surface area contributed by atoms with Crippen LogP contribution in [0.4, 0.5) is 5.69 Å². The SMILES string of the molecule is COc1ccccc1CN1CCOc2ccc(Br)cc21. The van der Waals surface area contributed by atoms with E-state index in [1.54, 1.807) is 7.11 Å². The molecule has 0 unspecified atom stereocenters. The second-order valence-electron chi connectivity index (χ2n) is 4.69. The molecule has 2 aromatic rings. The summed E-state index contributed by atoms with van der Waals surface area (Å²) in [5, 5.41) is 0. The first-order valence-electron chi connectivity index (χ1n) is 6.57. The maximum atomic E-state index is 5.71. The highest BCUT2D eigenvalue weighted by Crippen LogP contribution is 2.35. The van der Waals surface area contributed by atoms with Crippen LogP contribution in [0.1, 0.15) is 5.56 Å². The van der Waals surface area contributed by atoms with Gasteiger partial charge in [0.2, 0.25) is 0 Å². The average molecular weight is 334 g/mol. The summed E-state index contributed by atoms with van der Waals surface area (Å²) >= 11 is 3.52. The number of benzene rings is 2. The number of hydrogen-bond acceptors (Lipinski definition) is 3. The summed E-state index contributed by atoms with van der Waals surface area (Å²) in [5.41, 5.74) is 2.30. The van der Waals surface area contributed by atoms with Gasteiger partial charge in [0.15, 0.2) is 0 Å². The third kappa shape index (κ3) is 2.61. The van der Waals surface area contributed by atoms with Crippen molar-refractivity contribution in [1.29, 1.82) is 0 Å². The van der Waals surface area contributed by atoms with E-state index in [1.165, 1.54) is 5.56 Å². The van der Waals surface area contributed by atoms with Crippen LogP contribution < -0.4 is 14.4 Å². The molecular weight excluding hydrogens is 318 g/mol. The minimum Gasteiger partial charge on any atom is -0.496 e. The predicted molar refractivity (Wildman–Crippen MR) is 83.7 cm³/mol. The Kier molecular flexibility index (Phi) is 3.83. The molecule has 0 bridgehead atoms. The zero-order valence-corrected chi connectivity index (χ0v) is 12.9. The lowest BCUT2D eigenvalue weighted by Crippen LogP contribution is -2.32. The molecule has 104 valence electrons. The van der Waals surface area contributed by atoms with Crippen LogP contribution in [0.5, 0.6) is 11.5 Å². The predicted octanol–water partition coefficient (Wildman–Crippen LogP) is 3.86. The quantitative estimate of drug-likeness (QED) is 0.851. The molecule has 4 heteroatoms. The van der Waals surface area contributed by atoms with E-state index in [4.69, 9.17) is 9.47 Å². The van der Waals surface area contributed by atoms with Crippen molar-refractivity contribution >= 4 is 21.6 Å². The topological polar surface area (TPSA) is 21.7 Å². The summed E-state index contributed by atoms with van der Waals surface area (Å²) < 4.78 is 12.2. The second kappa shape index (κ2) is 5.75. The number of rotatable bonds is 3. The van der Waals surface area contributed by atoms with E-state index in [-0.39, 0.29) is 0 Å². The fraction of sp³-hybridized carbons (Fsp3) is 0.250. The third-order valence-electron chi connectivity index (χ3n) is 3.43. The highest BCUT2D eigenvalue weighted by Gasteiger charge is 2.19. The van der Waals surface area contributed by atoms with E-state index in [1.807, 2.05) is 30.3 Å². The molecule has 0 N–H and O–H groups in total. The summed E-state index contributed by atoms with van der Waals surface area (Å²) in [6, 6.07) is 14.2. The van der Waals surface area contributed by atoms with E-state index in [0.29, 0.717) is 6.61 Å². The molecule has 0 fully saturated rings. The molecule has 0 radical (unpaired) electrons. The fourth-order valence-electron chi connectivity index (χ4n) is 2.45. The van der Waals surface area contributed by atoms with E-state index in [2.05, 4.69) is 33.0 Å². The van der Waals surface area contributed by atoms with Gasteiger partial charge in [-0.1, -0.05) is 34.1 Å². The number of anilines is 1. The molecule has 1 heterocycles. The Hall–Kier alpha value is -1.68. The molecule has 0 atom stereocenters. The average Bonchev–Trinajstić information content (AvgIpc) is 2.48. The summed E-state index contributed by atoms with van der Waals surface area (Å²) in [5.74, 6) is 1.87. The van der Waals surface area contributed by atoms with Crippen LogP contribution in [0.2, 0.25) is 0 Å². The van der Waals surface area contributed by atoms with Crippen LogP contribution in [0, 0.1) is 0 Å². The Bertz CT molecular complexity index is 615. The summed E-state index contributed by atoms with van der Waals surface area (Å²) in [7, 11) is 1.71. The molecule has 0 aliphatic carbocycles. The maximum absolute atomic E-state index is 5.71. The lowest BCUT2D eigenvalue weighted by Gasteiger charge is -2.31. The number of methoxy groups -OCH3 is 1. The summed E-state index contributed by atoms with van der Waals surface area (Å²) in [6.07, 6.45) is 0. The lowest BCUT2D eigenvalue weighted by atomic mass is 10.1. The first-order valence-corrected chi connectivity index (χ1v) is 7.36. The van der Waals surface area contributed by atoms with Crippen molar-refractivity contribution in [3.63, 3.8) is 0 Å². The minimum atomic E-state index is 0.712. The van der Waals surface area contributed by atoms with E-state index >= 15 is 0 Å². The maximum Gasteiger partial charge on any atom is 0.142 e. The first kappa shape index (κ1) is 13.3. The first-order chi connectivity index (χ1) is 9.78. The molecule has 0 spiro atoms. The highest BCUT2D eigenvalue weighted by molar-refractivity contribution is 9.10. The molecule has 1 aliphatic rings. The van der Waals surface area contributed by atoms with Crippen molar-refractivity contribution < 1.29 is 9.47 Å². The fourth-order valence-corrected chi connectivity index (χ4v) is 2.80. The molecule has 1 aliphatic heterocycles. The Morgan fingerprint density at radius 1 is 1.25 bits per heavy atom. The number of nitrogens with zero attached hydrogens (tertiary/aromatic N) is 1. The zero-order chi connectivity index (χ0) is 13.9. The van der Waals surface area contributed by atoms with Gasteiger partial charge in [-0.3, -0.25) is 0 Å². The standard InChI is InChI=1S/C16H16BrNO2/c1-19-15-5-3-2-4-12(15)11-18-8-9-20-16-7-6-13(17)10-14(16)18/h2-7,10H,8-9,11H2,1H3. The van der Waals surface area contributed by atoms with Crippen LogP contribution in [-0.4, -0.2) is 20.3 Å². The van der Waals surface area contributed by atoms with Crippen LogP contribution in [0.25, 0.3) is 0 Å². The van der Waals surface area contributed by atoms with Gasteiger partial charge < -0.3 is 14.4 Å². The number of halogens is 1. The van der Waals surface area contributed by atoms with Crippen molar-refractivity contribution in [1.82, 2.24) is 0 Å². The van der Waals surface area contributed by atoms with Crippen LogP contribution >= 0.6 is 15.9 Å². The van der Waals surface area contributed by atoms with Gasteiger partial charge in [-0.05, 0) is 24.3 Å². The molecule has 3 rings (SSSR count). The normalized spacial score (nSPS) is 13.6. The number of ether oxygens (including phenoxy) is 2. The molecule has 0 amide bonds. The van der Waals surface area contributed by atoms with Gasteiger partial charge in [-0.25, -0.2) is 0 Å². The van der Waals surface area contributed by atoms with Gasteiger partial charge in [0, 0.05) is 16.6 Å². The number of para-hydroxylation sites is 1. The van der Waals surface area contributed by atoms with Crippen molar-refractivity contribution in [2.24, 2.45) is 0 Å². The minimum absolute atomic E-state index is 0.712. The van der Waals surface area contributed by atoms with Crippen molar-refractivity contribution in [2.45, 2.75) is 6.54 Å². The Labute approximate surface area is 127 Å². The molecule has 0 aromatic heterocycles. The van der Waals surface area contributed by atoms with Crippen molar-refractivity contribution in [3.8, 4) is 11.5 Å². The van der Waals surface area contributed by atoms with E-state index in [9.17, 15) is 0 Å². The highest BCUT2D eigenvalue weighted by atomic mass is 79.9. The summed E-state index contributed by atoms with van der Waals surface area (Å²) in [6.45, 7) is 2.40. The molecule has 0 saturated heterocycles. The Morgan fingerprint density at radius 2 is 2.10 bits per heavy atom. The van der Waals surface area contributed by atoms with Gasteiger partial charge in [0.1, 0.15) is 18.1 Å². The van der Waals surface area contributed by atoms with Gasteiger partial charge in [-0.15, -0.1) is 0 Å². The smallest absolute Gasteiger partial charge is 0.142 e. The van der Waals surface area contributed by atoms with E-state index in [0.717, 1.165) is 34.7 Å². The second-order valence-corrected chi connectivity index (χ2v) is 5.61. The van der Waals surface area contributed by atoms with Crippen LogP contribution in [-0.2, 0) is 6.54 Å². The van der Waals surface area contributed by atoms with Gasteiger partial charge in [0.05, 0.1) is 19.3 Å². The van der Waals surface area contributed by atoms with Gasteiger partial charge in [0.25, 0.3) is 0 Å². The van der Waals surface area contributed by atoms with Gasteiger partial charge >= 0.3 is 0 Å². The Morgan fingerprint density at radius 3 is 2.95 bits per heavy atom. The van der Waals surface area contributed by atoms with Crippen molar-refractivity contribution in [2.75, 3.05) is 25.2 Å². The van der Waals surface area contributed by atoms with Crippen molar-refractivity contribution in [3.05, 3.63) is 52.5 Å². The molecule has 3 nitrogen and oxygen atoms in total. The number of fused-ring (bicyclic) bond motifs is 1. The largest absolute Gasteiger partial charge is 0.496 e. The monoisotopic (exact) mass is 333 g/mol. The van der Waals surface area contributed by atoms with Crippen LogP contribution in [0.3, 0.4) is 0 Å². The Balaban J connectivity index is 1.91. The lowest BCUT2D eigenvalue weighted by molar-refractivity contribution is 0.306. The van der Waals surface area contributed by atoms with Crippen LogP contribution in [0.15, 0.2) is 46.9 Å². The number of hydrogen-bond donors (Lipinski definition) is 0. The summed E-state index contributed by atoms with van der Waals surface area (Å²) in [4.78, 5) is 2.32. The molecular formula is C16H16BrNO2. The molecule has 2 aromatic carbocycles. The third-order valence-corrected chi connectivity index (χ3v) is 3.93. The van der Waals surface area contributed by atoms with E-state index < -0.39 is 0 Å². The zero-order valence-electron chi connectivity index (χ0n) is 11.3. The van der Waals surface area contributed by atoms with Gasteiger partial charge in [-0.2, -0.15) is 0 Å².